The summed E-state index contributed by atoms with van der Waals surface area (Å²) >= 11 is 0. The standard InChI is InChI=1S/C35H49N3O5/c1-32(2,3)24-33(4,5)38-22-15-19-35-27(30(41)37(28(35)31(38)42)20-12-7-8-13-23-39)26-29(40)36(25-16-10-9-11-17-25)21-14-18-34(26,6)43-35/h9-11,14-19,26-28,39H,7-8,12-13,20-24H2,1-6H3/t26-,27-,28?,34+,35-/m0/s1. The Morgan fingerprint density at radius 1 is 0.860 bits per heavy atom. The van der Waals surface area contributed by atoms with Crippen molar-refractivity contribution in [3.63, 3.8) is 0 Å². The number of benzene rings is 1. The molecule has 0 aliphatic carbocycles. The summed E-state index contributed by atoms with van der Waals surface area (Å²) in [6.45, 7) is 13.9. The highest BCUT2D eigenvalue weighted by Gasteiger charge is 2.75. The number of fused-ring (bicyclic) bond motifs is 2. The van der Waals surface area contributed by atoms with Gasteiger partial charge in [0, 0.05) is 37.5 Å². The van der Waals surface area contributed by atoms with Crippen LogP contribution in [0.3, 0.4) is 0 Å². The molecule has 0 radical (unpaired) electrons. The van der Waals surface area contributed by atoms with Crippen molar-refractivity contribution in [1.29, 1.82) is 0 Å². The first kappa shape index (κ1) is 31.5. The second-order valence-electron chi connectivity index (χ2n) is 14.8. The Balaban J connectivity index is 1.57. The molecule has 0 bridgehead atoms. The first-order valence-electron chi connectivity index (χ1n) is 15.9. The minimum Gasteiger partial charge on any atom is -0.396 e. The van der Waals surface area contributed by atoms with Crippen molar-refractivity contribution < 1.29 is 24.2 Å². The minimum absolute atomic E-state index is 0.0133. The van der Waals surface area contributed by atoms with Gasteiger partial charge in [-0.3, -0.25) is 14.4 Å². The molecule has 43 heavy (non-hydrogen) atoms. The first-order chi connectivity index (χ1) is 20.3. The average Bonchev–Trinajstić information content (AvgIpc) is 3.18. The maximum Gasteiger partial charge on any atom is 0.249 e. The van der Waals surface area contributed by atoms with Crippen LogP contribution < -0.4 is 4.90 Å². The largest absolute Gasteiger partial charge is 0.396 e. The Bertz CT molecular complexity index is 1280. The predicted molar refractivity (Wildman–Crippen MR) is 167 cm³/mol. The van der Waals surface area contributed by atoms with E-state index in [0.29, 0.717) is 32.5 Å². The van der Waals surface area contributed by atoms with Crippen LogP contribution in [0.5, 0.6) is 0 Å². The number of hydrogen-bond acceptors (Lipinski definition) is 5. The number of amides is 3. The lowest BCUT2D eigenvalue weighted by atomic mass is 9.74. The molecular weight excluding hydrogens is 542 g/mol. The van der Waals surface area contributed by atoms with Crippen LogP contribution >= 0.6 is 0 Å². The first-order valence-corrected chi connectivity index (χ1v) is 15.9. The molecule has 1 aromatic carbocycles. The molecule has 1 aromatic rings. The van der Waals surface area contributed by atoms with E-state index < -0.39 is 34.6 Å². The van der Waals surface area contributed by atoms with Crippen LogP contribution in [0, 0.1) is 17.3 Å². The SMILES string of the molecule is CC(C)(C)CC(C)(C)N1CC=C[C@]23O[C@]4(C)C=CCN(c5ccccc5)C(=O)[C@@H]4[C@H]2C(=O)N(CCCCCCO)C3C1=O. The molecule has 234 valence electrons. The third kappa shape index (κ3) is 5.57. The number of nitrogens with zero attached hydrogens (tertiary/aromatic N) is 3. The van der Waals surface area contributed by atoms with Gasteiger partial charge in [-0.2, -0.15) is 0 Å². The number of aliphatic hydroxyl groups excluding tert-OH is 1. The Kier molecular flexibility index (Phi) is 8.42. The van der Waals surface area contributed by atoms with Gasteiger partial charge in [-0.05, 0) is 57.6 Å². The van der Waals surface area contributed by atoms with Crippen LogP contribution in [-0.4, -0.2) is 81.7 Å². The third-order valence-corrected chi connectivity index (χ3v) is 9.63. The van der Waals surface area contributed by atoms with E-state index in [1.807, 2.05) is 66.5 Å². The second-order valence-corrected chi connectivity index (χ2v) is 14.8. The summed E-state index contributed by atoms with van der Waals surface area (Å²) in [6.07, 6.45) is 11.7. The molecule has 2 saturated heterocycles. The molecule has 2 fully saturated rings. The zero-order chi connectivity index (χ0) is 31.2. The van der Waals surface area contributed by atoms with E-state index in [0.717, 1.165) is 24.9 Å². The number of aliphatic hydroxyl groups is 1. The highest BCUT2D eigenvalue weighted by molar-refractivity contribution is 6.04. The van der Waals surface area contributed by atoms with Gasteiger partial charge in [0.25, 0.3) is 0 Å². The lowest BCUT2D eigenvalue weighted by molar-refractivity contribution is -0.155. The van der Waals surface area contributed by atoms with E-state index in [2.05, 4.69) is 34.6 Å². The Morgan fingerprint density at radius 3 is 2.21 bits per heavy atom. The molecule has 0 saturated carbocycles. The van der Waals surface area contributed by atoms with Gasteiger partial charge in [0.2, 0.25) is 17.7 Å². The Morgan fingerprint density at radius 2 is 1.53 bits per heavy atom. The van der Waals surface area contributed by atoms with E-state index >= 15 is 0 Å². The number of likely N-dealkylation sites (tertiary alicyclic amines) is 1. The lowest BCUT2D eigenvalue weighted by Gasteiger charge is -2.44. The van der Waals surface area contributed by atoms with E-state index in [4.69, 9.17) is 4.74 Å². The van der Waals surface area contributed by atoms with E-state index in [1.165, 1.54) is 0 Å². The number of para-hydroxylation sites is 1. The van der Waals surface area contributed by atoms with Crippen LogP contribution in [0.1, 0.15) is 73.6 Å². The average molecular weight is 592 g/mol. The molecule has 0 aromatic heterocycles. The lowest BCUT2D eigenvalue weighted by Crippen LogP contribution is -2.60. The fraction of sp³-hybridized carbons (Fsp3) is 0.629. The number of ether oxygens (including phenoxy) is 1. The van der Waals surface area contributed by atoms with Crippen molar-refractivity contribution in [3.8, 4) is 0 Å². The number of hydrogen-bond donors (Lipinski definition) is 1. The topological polar surface area (TPSA) is 90.4 Å². The highest BCUT2D eigenvalue weighted by Crippen LogP contribution is 2.58. The molecule has 4 heterocycles. The fourth-order valence-electron chi connectivity index (χ4n) is 8.29. The summed E-state index contributed by atoms with van der Waals surface area (Å²) in [6, 6.07) is 8.66. The van der Waals surface area contributed by atoms with E-state index in [-0.39, 0.29) is 29.7 Å². The van der Waals surface area contributed by atoms with Gasteiger partial charge >= 0.3 is 0 Å². The molecule has 3 amide bonds. The highest BCUT2D eigenvalue weighted by atomic mass is 16.5. The van der Waals surface area contributed by atoms with Gasteiger partial charge < -0.3 is 24.5 Å². The van der Waals surface area contributed by atoms with E-state index in [1.54, 1.807) is 9.80 Å². The van der Waals surface area contributed by atoms with Crippen LogP contribution in [0.4, 0.5) is 5.69 Å². The van der Waals surface area contributed by atoms with Crippen molar-refractivity contribution in [2.75, 3.05) is 31.1 Å². The van der Waals surface area contributed by atoms with Gasteiger partial charge in [-0.15, -0.1) is 0 Å². The number of unbranched alkanes of at least 4 members (excludes halogenated alkanes) is 3. The molecule has 1 N–H and O–H groups in total. The summed E-state index contributed by atoms with van der Waals surface area (Å²) in [5.74, 6) is -2.08. The summed E-state index contributed by atoms with van der Waals surface area (Å²) in [7, 11) is 0. The van der Waals surface area contributed by atoms with Gasteiger partial charge in [0.15, 0.2) is 0 Å². The van der Waals surface area contributed by atoms with Crippen molar-refractivity contribution in [2.24, 2.45) is 17.3 Å². The van der Waals surface area contributed by atoms with Crippen molar-refractivity contribution in [1.82, 2.24) is 9.80 Å². The van der Waals surface area contributed by atoms with Crippen LogP contribution in [0.2, 0.25) is 0 Å². The summed E-state index contributed by atoms with van der Waals surface area (Å²) < 4.78 is 7.00. The van der Waals surface area contributed by atoms with Gasteiger partial charge in [-0.25, -0.2) is 0 Å². The molecule has 5 rings (SSSR count). The monoisotopic (exact) mass is 591 g/mol. The van der Waals surface area contributed by atoms with Crippen LogP contribution in [0.15, 0.2) is 54.6 Å². The maximum atomic E-state index is 14.8. The fourth-order valence-corrected chi connectivity index (χ4v) is 8.29. The molecular formula is C35H49N3O5. The summed E-state index contributed by atoms with van der Waals surface area (Å²) in [4.78, 5) is 49.2. The number of rotatable bonds is 9. The Labute approximate surface area is 256 Å². The normalized spacial score (nSPS) is 30.8. The second kappa shape index (κ2) is 11.5. The molecule has 1 spiro atoms. The van der Waals surface area contributed by atoms with Crippen LogP contribution in [-0.2, 0) is 19.1 Å². The molecule has 8 nitrogen and oxygen atoms in total. The number of carbonyl (C=O) groups excluding carboxylic acids is 3. The zero-order valence-electron chi connectivity index (χ0n) is 26.7. The molecule has 5 atom stereocenters. The van der Waals surface area contributed by atoms with Gasteiger partial charge in [-0.1, -0.05) is 76.1 Å². The summed E-state index contributed by atoms with van der Waals surface area (Å²) in [5.41, 5.74) is -2.02. The molecule has 4 aliphatic rings. The smallest absolute Gasteiger partial charge is 0.249 e. The van der Waals surface area contributed by atoms with Gasteiger partial charge in [0.05, 0.1) is 17.4 Å². The molecule has 4 aliphatic heterocycles. The zero-order valence-corrected chi connectivity index (χ0v) is 26.7. The van der Waals surface area contributed by atoms with E-state index in [9.17, 15) is 19.5 Å². The summed E-state index contributed by atoms with van der Waals surface area (Å²) in [5, 5.41) is 9.24. The molecule has 1 unspecified atom stereocenters. The maximum absolute atomic E-state index is 14.8. The number of anilines is 1. The number of carbonyl (C=O) groups is 3. The van der Waals surface area contributed by atoms with Gasteiger partial charge in [0.1, 0.15) is 11.6 Å². The van der Waals surface area contributed by atoms with Crippen LogP contribution in [0.25, 0.3) is 0 Å². The molecule has 8 heteroatoms. The Hall–Kier alpha value is -2.97. The third-order valence-electron chi connectivity index (χ3n) is 9.63. The predicted octanol–water partition coefficient (Wildman–Crippen LogP) is 4.73. The van der Waals surface area contributed by atoms with Crippen molar-refractivity contribution in [3.05, 3.63) is 54.6 Å². The quantitative estimate of drug-likeness (QED) is 0.331. The van der Waals surface area contributed by atoms with Crippen molar-refractivity contribution >= 4 is 23.4 Å². The minimum atomic E-state index is -1.26. The van der Waals surface area contributed by atoms with Crippen molar-refractivity contribution in [2.45, 2.75) is 96.4 Å².